The van der Waals surface area contributed by atoms with Crippen LogP contribution >= 0.6 is 0 Å². The summed E-state index contributed by atoms with van der Waals surface area (Å²) in [5.41, 5.74) is 0.102. The Balaban J connectivity index is 1.82. The van der Waals surface area contributed by atoms with Gasteiger partial charge in [0.1, 0.15) is 30.2 Å². The van der Waals surface area contributed by atoms with E-state index in [-0.39, 0.29) is 23.7 Å². The van der Waals surface area contributed by atoms with Crippen molar-refractivity contribution in [1.82, 2.24) is 0 Å². The van der Waals surface area contributed by atoms with E-state index in [0.29, 0.717) is 0 Å². The summed E-state index contributed by atoms with van der Waals surface area (Å²) in [6.45, 7) is 1.22. The molecule has 2 heterocycles. The summed E-state index contributed by atoms with van der Waals surface area (Å²) in [5, 5.41) is 39.1. The van der Waals surface area contributed by atoms with Gasteiger partial charge < -0.3 is 39.4 Å². The second kappa shape index (κ2) is 7.82. The molecule has 9 atom stereocenters. The lowest BCUT2D eigenvalue weighted by molar-refractivity contribution is -0.342. The summed E-state index contributed by atoms with van der Waals surface area (Å²) in [7, 11) is 1.21. The molecule has 1 saturated heterocycles. The maximum absolute atomic E-state index is 12.4. The number of carbonyl (C=O) groups excluding carboxylic acids is 2. The minimum absolute atomic E-state index is 0.102. The zero-order valence-electron chi connectivity index (χ0n) is 14.9. The number of hydrogen-bond donors (Lipinski definition) is 4. The summed E-state index contributed by atoms with van der Waals surface area (Å²) < 4.78 is 21.2. The summed E-state index contributed by atoms with van der Waals surface area (Å²) in [5.74, 6) is -2.28. The number of Topliss-reactive ketones (excluding diaryl/α,β-unsaturated/α-hetero) is 1. The number of carbonyl (C=O) groups is 2. The van der Waals surface area contributed by atoms with E-state index in [1.54, 1.807) is 0 Å². The molecule has 0 amide bonds. The average Bonchev–Trinajstić information content (AvgIpc) is 2.96. The van der Waals surface area contributed by atoms with E-state index in [1.165, 1.54) is 7.11 Å². The Morgan fingerprint density at radius 3 is 2.56 bits per heavy atom. The summed E-state index contributed by atoms with van der Waals surface area (Å²) in [6.07, 6.45) is -6.93. The molecule has 10 nitrogen and oxygen atoms in total. The van der Waals surface area contributed by atoms with Gasteiger partial charge in [-0.25, -0.2) is 4.79 Å². The number of ketones is 1. The summed E-state index contributed by atoms with van der Waals surface area (Å²) in [6, 6.07) is 0. The molecule has 1 aliphatic carbocycles. The normalized spacial score (nSPS) is 44.3. The van der Waals surface area contributed by atoms with Gasteiger partial charge in [0.25, 0.3) is 0 Å². The number of hydrogen-bond acceptors (Lipinski definition) is 10. The summed E-state index contributed by atoms with van der Waals surface area (Å²) >= 11 is 0. The van der Waals surface area contributed by atoms with Gasteiger partial charge >= 0.3 is 5.97 Å². The topological polar surface area (TPSA) is 152 Å². The molecule has 0 aromatic carbocycles. The molecule has 0 aromatic rings. The van der Waals surface area contributed by atoms with Crippen molar-refractivity contribution in [3.8, 4) is 0 Å². The Kier molecular flexibility index (Phi) is 5.84. The first-order chi connectivity index (χ1) is 12.8. The highest BCUT2D eigenvalue weighted by Gasteiger charge is 2.54. The van der Waals surface area contributed by atoms with Crippen LogP contribution in [0.4, 0.5) is 0 Å². The van der Waals surface area contributed by atoms with Crippen LogP contribution in [0, 0.1) is 17.8 Å². The van der Waals surface area contributed by atoms with E-state index in [1.807, 2.05) is 6.92 Å². The van der Waals surface area contributed by atoms with Crippen molar-refractivity contribution in [2.45, 2.75) is 50.3 Å². The van der Waals surface area contributed by atoms with E-state index in [2.05, 4.69) is 0 Å². The molecule has 4 N–H and O–H groups in total. The van der Waals surface area contributed by atoms with Gasteiger partial charge in [-0.2, -0.15) is 0 Å². The first kappa shape index (κ1) is 20.2. The predicted molar refractivity (Wildman–Crippen MR) is 85.6 cm³/mol. The molecule has 152 valence electrons. The highest BCUT2D eigenvalue weighted by Crippen LogP contribution is 2.45. The Labute approximate surface area is 155 Å². The maximum atomic E-state index is 12.4. The van der Waals surface area contributed by atoms with Crippen LogP contribution in [-0.2, 0) is 28.5 Å². The number of methoxy groups -OCH3 is 1. The monoisotopic (exact) mass is 388 g/mol. The van der Waals surface area contributed by atoms with Gasteiger partial charge in [-0.1, -0.05) is 6.92 Å². The van der Waals surface area contributed by atoms with E-state index < -0.39 is 61.4 Å². The first-order valence-electron chi connectivity index (χ1n) is 8.72. The lowest BCUT2D eigenvalue weighted by Gasteiger charge is -2.42. The van der Waals surface area contributed by atoms with Gasteiger partial charge in [0, 0.05) is 12.3 Å². The largest absolute Gasteiger partial charge is 0.472 e. The molecule has 0 bridgehead atoms. The zero-order valence-corrected chi connectivity index (χ0v) is 14.9. The third kappa shape index (κ3) is 3.48. The fraction of sp³-hybridized carbons (Fsp3) is 0.765. The minimum atomic E-state index is -1.59. The Morgan fingerprint density at radius 1 is 1.22 bits per heavy atom. The van der Waals surface area contributed by atoms with E-state index in [4.69, 9.17) is 18.9 Å². The Hall–Kier alpha value is -1.56. The van der Waals surface area contributed by atoms with Crippen LogP contribution in [-0.4, -0.2) is 82.9 Å². The van der Waals surface area contributed by atoms with Crippen molar-refractivity contribution < 1.29 is 49.0 Å². The van der Waals surface area contributed by atoms with Gasteiger partial charge in [-0.3, -0.25) is 4.79 Å². The van der Waals surface area contributed by atoms with Gasteiger partial charge in [0.15, 0.2) is 6.29 Å². The van der Waals surface area contributed by atoms with Gasteiger partial charge in [0.2, 0.25) is 6.29 Å². The fourth-order valence-corrected chi connectivity index (χ4v) is 3.96. The van der Waals surface area contributed by atoms with Gasteiger partial charge in [0.05, 0.1) is 31.5 Å². The number of aliphatic hydroxyl groups excluding tert-OH is 4. The molecule has 10 heteroatoms. The minimum Gasteiger partial charge on any atom is -0.472 e. The Bertz CT molecular complexity index is 617. The van der Waals surface area contributed by atoms with Crippen LogP contribution in [0.2, 0.25) is 0 Å². The number of aliphatic hydroxyl groups is 4. The first-order valence-corrected chi connectivity index (χ1v) is 8.72. The highest BCUT2D eigenvalue weighted by atomic mass is 16.8. The lowest BCUT2D eigenvalue weighted by atomic mass is 9.83. The number of esters is 1. The van der Waals surface area contributed by atoms with Gasteiger partial charge in [-0.15, -0.1) is 0 Å². The van der Waals surface area contributed by atoms with Crippen molar-refractivity contribution >= 4 is 11.8 Å². The second-order valence-corrected chi connectivity index (χ2v) is 7.11. The number of fused-ring (bicyclic) bond motifs is 1. The molecule has 2 aliphatic heterocycles. The lowest BCUT2D eigenvalue weighted by Crippen LogP contribution is -2.60. The van der Waals surface area contributed by atoms with Crippen LogP contribution < -0.4 is 0 Å². The molecule has 0 aromatic heterocycles. The second-order valence-electron chi connectivity index (χ2n) is 7.11. The highest BCUT2D eigenvalue weighted by molar-refractivity contribution is 5.99. The Morgan fingerprint density at radius 2 is 1.93 bits per heavy atom. The quantitative estimate of drug-likeness (QED) is 0.400. The van der Waals surface area contributed by atoms with Crippen LogP contribution in [0.15, 0.2) is 11.8 Å². The van der Waals surface area contributed by atoms with Crippen molar-refractivity contribution in [2.24, 2.45) is 17.8 Å². The predicted octanol–water partition coefficient (Wildman–Crippen LogP) is -1.94. The zero-order chi connectivity index (χ0) is 19.9. The number of rotatable bonds is 4. The molecule has 0 spiro atoms. The smallest absolute Gasteiger partial charge is 0.337 e. The van der Waals surface area contributed by atoms with Gasteiger partial charge in [-0.05, 0) is 5.92 Å². The van der Waals surface area contributed by atoms with Crippen LogP contribution in [0.1, 0.15) is 13.3 Å². The van der Waals surface area contributed by atoms with Crippen LogP contribution in [0.3, 0.4) is 0 Å². The molecule has 0 radical (unpaired) electrons. The molecule has 3 aliphatic rings. The van der Waals surface area contributed by atoms with Crippen LogP contribution in [0.25, 0.3) is 0 Å². The van der Waals surface area contributed by atoms with Crippen molar-refractivity contribution in [3.63, 3.8) is 0 Å². The summed E-state index contributed by atoms with van der Waals surface area (Å²) in [4.78, 5) is 24.4. The SMILES string of the molecule is COC(=O)C1=CO[C@@H](O[C@H]2O[C@@H](CO)[C@@H](O)[C@@H](O)[C@H]2O)[C@H]2[C@H]1C(=O)C[C@@H]2C. The molecule has 0 unspecified atom stereocenters. The molecule has 2 fully saturated rings. The van der Waals surface area contributed by atoms with E-state index >= 15 is 0 Å². The van der Waals surface area contributed by atoms with E-state index in [0.717, 1.165) is 6.26 Å². The number of ether oxygens (including phenoxy) is 4. The van der Waals surface area contributed by atoms with E-state index in [9.17, 15) is 30.0 Å². The third-order valence-corrected chi connectivity index (χ3v) is 5.43. The standard InChI is InChI=1S/C17H24O10/c1-6-3-8(19)11-7(15(23)24-2)5-25-16(10(6)11)27-17-14(22)13(21)12(20)9(4-18)26-17/h5-6,9-14,16-18,20-22H,3-4H2,1-2H3/t6-,9-,10+,11+,12+,13+,14+,16-,17+/m0/s1. The van der Waals surface area contributed by atoms with Crippen molar-refractivity contribution in [1.29, 1.82) is 0 Å². The average molecular weight is 388 g/mol. The molecular weight excluding hydrogens is 364 g/mol. The van der Waals surface area contributed by atoms with Crippen LogP contribution in [0.5, 0.6) is 0 Å². The maximum Gasteiger partial charge on any atom is 0.337 e. The van der Waals surface area contributed by atoms with Crippen molar-refractivity contribution in [2.75, 3.05) is 13.7 Å². The third-order valence-electron chi connectivity index (χ3n) is 5.43. The van der Waals surface area contributed by atoms with Crippen molar-refractivity contribution in [3.05, 3.63) is 11.8 Å². The molecule has 1 saturated carbocycles. The fourth-order valence-electron chi connectivity index (χ4n) is 3.96. The molecular formula is C17H24O10. The molecule has 27 heavy (non-hydrogen) atoms. The molecule has 3 rings (SSSR count).